The smallest absolute Gasteiger partial charge is 0.119 e. The molecule has 0 aromatic heterocycles. The largest absolute Gasteiger partial charge is 0.497 e. The second-order valence-electron chi connectivity index (χ2n) is 4.59. The molecular weight excluding hydrogens is 281 g/mol. The summed E-state index contributed by atoms with van der Waals surface area (Å²) in [4.78, 5) is 0. The maximum atomic E-state index is 6.24. The number of anilines is 1. The van der Waals surface area contributed by atoms with Crippen LogP contribution in [0.3, 0.4) is 0 Å². The van der Waals surface area contributed by atoms with Crippen LogP contribution >= 0.6 is 23.2 Å². The zero-order valence-electron chi connectivity index (χ0n) is 10.4. The molecule has 0 amide bonds. The van der Waals surface area contributed by atoms with Gasteiger partial charge in [0.25, 0.3) is 0 Å². The van der Waals surface area contributed by atoms with Gasteiger partial charge in [0.15, 0.2) is 0 Å². The highest BCUT2D eigenvalue weighted by Gasteiger charge is 2.24. The molecule has 2 aromatic rings. The molecule has 1 unspecified atom stereocenters. The summed E-state index contributed by atoms with van der Waals surface area (Å²) in [5.74, 6) is 0.861. The normalized spacial score (nSPS) is 16.9. The lowest BCUT2D eigenvalue weighted by Gasteiger charge is -2.12. The monoisotopic (exact) mass is 293 g/mol. The topological polar surface area (TPSA) is 21.3 Å². The van der Waals surface area contributed by atoms with Gasteiger partial charge in [-0.3, -0.25) is 0 Å². The number of benzene rings is 2. The van der Waals surface area contributed by atoms with Gasteiger partial charge in [0.05, 0.1) is 13.2 Å². The molecule has 1 aliphatic heterocycles. The lowest BCUT2D eigenvalue weighted by molar-refractivity contribution is 0.414. The van der Waals surface area contributed by atoms with E-state index in [-0.39, 0.29) is 6.04 Å². The molecule has 1 atom stereocenters. The highest BCUT2D eigenvalue weighted by Crippen LogP contribution is 2.40. The van der Waals surface area contributed by atoms with Gasteiger partial charge in [0.2, 0.25) is 0 Å². The standard InChI is InChI=1S/C15H13Cl2NO/c1-19-11-4-2-3-9(5-11)14-8-12-13(17)6-10(16)7-15(12)18-14/h2-7,14,18H,8H2,1H3. The maximum Gasteiger partial charge on any atom is 0.119 e. The minimum Gasteiger partial charge on any atom is -0.497 e. The van der Waals surface area contributed by atoms with Gasteiger partial charge in [0.1, 0.15) is 5.75 Å². The average Bonchev–Trinajstić information content (AvgIpc) is 2.83. The maximum absolute atomic E-state index is 6.24. The Labute approximate surface area is 122 Å². The Morgan fingerprint density at radius 1 is 1.21 bits per heavy atom. The van der Waals surface area contributed by atoms with E-state index in [9.17, 15) is 0 Å². The molecule has 19 heavy (non-hydrogen) atoms. The number of fused-ring (bicyclic) bond motifs is 1. The first-order chi connectivity index (χ1) is 9.17. The second-order valence-corrected chi connectivity index (χ2v) is 5.44. The van der Waals surface area contributed by atoms with E-state index >= 15 is 0 Å². The zero-order valence-corrected chi connectivity index (χ0v) is 11.9. The summed E-state index contributed by atoms with van der Waals surface area (Å²) in [6.07, 6.45) is 0.860. The molecule has 1 heterocycles. The number of rotatable bonds is 2. The number of hydrogen-bond donors (Lipinski definition) is 1. The van der Waals surface area contributed by atoms with E-state index in [1.165, 1.54) is 5.56 Å². The lowest BCUT2D eigenvalue weighted by Crippen LogP contribution is -2.05. The number of ether oxygens (including phenoxy) is 1. The minimum absolute atomic E-state index is 0.209. The summed E-state index contributed by atoms with van der Waals surface area (Å²) in [6, 6.07) is 12.0. The summed E-state index contributed by atoms with van der Waals surface area (Å²) < 4.78 is 5.26. The van der Waals surface area contributed by atoms with E-state index in [2.05, 4.69) is 11.4 Å². The first-order valence-corrected chi connectivity index (χ1v) is 6.81. The summed E-state index contributed by atoms with van der Waals surface area (Å²) in [5.41, 5.74) is 3.33. The van der Waals surface area contributed by atoms with Crippen LogP contribution in [0.1, 0.15) is 17.2 Å². The zero-order chi connectivity index (χ0) is 13.4. The van der Waals surface area contributed by atoms with Crippen molar-refractivity contribution in [2.75, 3.05) is 12.4 Å². The summed E-state index contributed by atoms with van der Waals surface area (Å²) >= 11 is 12.3. The van der Waals surface area contributed by atoms with Gasteiger partial charge in [-0.1, -0.05) is 35.3 Å². The molecule has 0 bridgehead atoms. The molecule has 1 N–H and O–H groups in total. The molecule has 2 nitrogen and oxygen atoms in total. The SMILES string of the molecule is COc1cccc(C2Cc3c(Cl)cc(Cl)cc3N2)c1. The van der Waals surface area contributed by atoms with Gasteiger partial charge in [-0.05, 0) is 35.4 Å². The Morgan fingerprint density at radius 2 is 2.05 bits per heavy atom. The predicted molar refractivity (Wildman–Crippen MR) is 79.5 cm³/mol. The summed E-state index contributed by atoms with van der Waals surface area (Å²) in [5, 5.41) is 4.84. The average molecular weight is 294 g/mol. The predicted octanol–water partition coefficient (Wildman–Crippen LogP) is 4.71. The van der Waals surface area contributed by atoms with Crippen molar-refractivity contribution in [3.8, 4) is 5.75 Å². The Morgan fingerprint density at radius 3 is 2.84 bits per heavy atom. The molecule has 0 saturated heterocycles. The molecule has 1 aliphatic rings. The van der Waals surface area contributed by atoms with Crippen LogP contribution in [0.2, 0.25) is 10.0 Å². The minimum atomic E-state index is 0.209. The van der Waals surface area contributed by atoms with Crippen LogP contribution < -0.4 is 10.1 Å². The first-order valence-electron chi connectivity index (χ1n) is 6.06. The molecule has 2 aromatic carbocycles. The van der Waals surface area contributed by atoms with Crippen LogP contribution in [0.4, 0.5) is 5.69 Å². The van der Waals surface area contributed by atoms with Gasteiger partial charge in [-0.2, -0.15) is 0 Å². The Kier molecular flexibility index (Phi) is 3.29. The third-order valence-corrected chi connectivity index (χ3v) is 3.95. The number of methoxy groups -OCH3 is 1. The van der Waals surface area contributed by atoms with E-state index in [1.807, 2.05) is 24.3 Å². The van der Waals surface area contributed by atoms with Gasteiger partial charge < -0.3 is 10.1 Å². The first kappa shape index (κ1) is 12.6. The van der Waals surface area contributed by atoms with E-state index in [1.54, 1.807) is 13.2 Å². The molecule has 4 heteroatoms. The molecule has 0 fully saturated rings. The number of nitrogens with one attached hydrogen (secondary N) is 1. The fraction of sp³-hybridized carbons (Fsp3) is 0.200. The number of hydrogen-bond acceptors (Lipinski definition) is 2. The van der Waals surface area contributed by atoms with Crippen LogP contribution in [0.25, 0.3) is 0 Å². The third-order valence-electron chi connectivity index (χ3n) is 3.39. The van der Waals surface area contributed by atoms with Crippen molar-refractivity contribution in [2.24, 2.45) is 0 Å². The van der Waals surface area contributed by atoms with Crippen molar-refractivity contribution in [2.45, 2.75) is 12.5 Å². The van der Waals surface area contributed by atoms with Crippen molar-refractivity contribution in [1.82, 2.24) is 0 Å². The molecular formula is C15H13Cl2NO. The summed E-state index contributed by atoms with van der Waals surface area (Å²) in [7, 11) is 1.67. The van der Waals surface area contributed by atoms with E-state index < -0.39 is 0 Å². The van der Waals surface area contributed by atoms with Crippen LogP contribution in [-0.4, -0.2) is 7.11 Å². The van der Waals surface area contributed by atoms with Crippen LogP contribution in [0.5, 0.6) is 5.75 Å². The molecule has 98 valence electrons. The third kappa shape index (κ3) is 2.38. The van der Waals surface area contributed by atoms with Crippen LogP contribution in [-0.2, 0) is 6.42 Å². The molecule has 0 saturated carbocycles. The van der Waals surface area contributed by atoms with E-state index in [0.717, 1.165) is 28.4 Å². The fourth-order valence-electron chi connectivity index (χ4n) is 2.44. The Balaban J connectivity index is 1.93. The molecule has 3 rings (SSSR count). The van der Waals surface area contributed by atoms with Gasteiger partial charge >= 0.3 is 0 Å². The van der Waals surface area contributed by atoms with Crippen molar-refractivity contribution in [3.63, 3.8) is 0 Å². The molecule has 0 radical (unpaired) electrons. The summed E-state index contributed by atoms with van der Waals surface area (Å²) in [6.45, 7) is 0. The van der Waals surface area contributed by atoms with Gasteiger partial charge in [-0.15, -0.1) is 0 Å². The van der Waals surface area contributed by atoms with Crippen molar-refractivity contribution in [1.29, 1.82) is 0 Å². The van der Waals surface area contributed by atoms with Crippen LogP contribution in [0, 0.1) is 0 Å². The highest BCUT2D eigenvalue weighted by atomic mass is 35.5. The van der Waals surface area contributed by atoms with E-state index in [4.69, 9.17) is 27.9 Å². The number of halogens is 2. The Bertz CT molecular complexity index is 628. The fourth-order valence-corrected chi connectivity index (χ4v) is 3.01. The quantitative estimate of drug-likeness (QED) is 0.866. The lowest BCUT2D eigenvalue weighted by atomic mass is 10.0. The van der Waals surface area contributed by atoms with E-state index in [0.29, 0.717) is 5.02 Å². The van der Waals surface area contributed by atoms with Gasteiger partial charge in [-0.25, -0.2) is 0 Å². The van der Waals surface area contributed by atoms with Crippen molar-refractivity contribution in [3.05, 3.63) is 57.6 Å². The van der Waals surface area contributed by atoms with Crippen molar-refractivity contribution >= 4 is 28.9 Å². The second kappa shape index (κ2) is 4.95. The van der Waals surface area contributed by atoms with Gasteiger partial charge in [0, 0.05) is 22.2 Å². The Hall–Kier alpha value is -1.38. The van der Waals surface area contributed by atoms with Crippen LogP contribution in [0.15, 0.2) is 36.4 Å². The highest BCUT2D eigenvalue weighted by molar-refractivity contribution is 6.35. The molecule has 0 spiro atoms. The molecule has 0 aliphatic carbocycles. The van der Waals surface area contributed by atoms with Crippen molar-refractivity contribution < 1.29 is 4.74 Å².